The van der Waals surface area contributed by atoms with Crippen LogP contribution < -0.4 is 5.32 Å². The van der Waals surface area contributed by atoms with Crippen LogP contribution >= 0.6 is 0 Å². The standard InChI is InChI=1S/C24H24N4O5/c1-27(12-11-21(29)30)23(31)22-20(13-25-28(22)2)26-24(32)33-14-19-17-9-5-3-7-15(17)16-8-4-6-10-18(16)19/h3-10,13,19H,11-12,14H2,1-2H3,(H,26,32)(H,29,30). The van der Waals surface area contributed by atoms with Crippen molar-refractivity contribution in [3.63, 3.8) is 0 Å². The number of benzene rings is 2. The van der Waals surface area contributed by atoms with Crippen molar-refractivity contribution in [2.24, 2.45) is 7.05 Å². The predicted molar refractivity (Wildman–Crippen MR) is 121 cm³/mol. The first-order valence-corrected chi connectivity index (χ1v) is 10.5. The summed E-state index contributed by atoms with van der Waals surface area (Å²) in [5, 5.41) is 15.5. The second-order valence-electron chi connectivity index (χ2n) is 7.85. The van der Waals surface area contributed by atoms with Gasteiger partial charge in [-0.3, -0.25) is 19.6 Å². The summed E-state index contributed by atoms with van der Waals surface area (Å²) in [6.45, 7) is 0.172. The Kier molecular flexibility index (Phi) is 6.12. The van der Waals surface area contributed by atoms with Gasteiger partial charge in [-0.2, -0.15) is 5.10 Å². The molecular formula is C24H24N4O5. The molecular weight excluding hydrogens is 424 g/mol. The Morgan fingerprint density at radius 3 is 2.30 bits per heavy atom. The van der Waals surface area contributed by atoms with Crippen LogP contribution in [0.3, 0.4) is 0 Å². The molecule has 0 aliphatic heterocycles. The summed E-state index contributed by atoms with van der Waals surface area (Å²) < 4.78 is 6.87. The van der Waals surface area contributed by atoms with Crippen molar-refractivity contribution in [3.05, 3.63) is 71.5 Å². The molecule has 0 saturated heterocycles. The topological polar surface area (TPSA) is 114 Å². The number of amides is 2. The van der Waals surface area contributed by atoms with E-state index in [1.807, 2.05) is 36.4 Å². The second kappa shape index (κ2) is 9.15. The first-order valence-electron chi connectivity index (χ1n) is 10.5. The minimum absolute atomic E-state index is 0.0315. The number of aromatic nitrogens is 2. The molecule has 0 atom stereocenters. The minimum atomic E-state index is -1.00. The van der Waals surface area contributed by atoms with Gasteiger partial charge in [0.1, 0.15) is 12.3 Å². The highest BCUT2D eigenvalue weighted by atomic mass is 16.5. The lowest BCUT2D eigenvalue weighted by Crippen LogP contribution is -2.31. The van der Waals surface area contributed by atoms with Crippen LogP contribution in [0.15, 0.2) is 54.7 Å². The van der Waals surface area contributed by atoms with Gasteiger partial charge in [0.2, 0.25) is 0 Å². The molecule has 33 heavy (non-hydrogen) atoms. The molecule has 1 aliphatic carbocycles. The molecule has 4 rings (SSSR count). The Hall–Kier alpha value is -4.14. The van der Waals surface area contributed by atoms with Crippen molar-refractivity contribution < 1.29 is 24.2 Å². The van der Waals surface area contributed by atoms with Gasteiger partial charge in [0.25, 0.3) is 5.91 Å². The fourth-order valence-electron chi connectivity index (χ4n) is 4.07. The fourth-order valence-corrected chi connectivity index (χ4v) is 4.07. The summed E-state index contributed by atoms with van der Waals surface area (Å²) in [5.74, 6) is -1.54. The highest BCUT2D eigenvalue weighted by Gasteiger charge is 2.29. The van der Waals surface area contributed by atoms with Crippen molar-refractivity contribution >= 4 is 23.7 Å². The van der Waals surface area contributed by atoms with E-state index < -0.39 is 18.0 Å². The lowest BCUT2D eigenvalue weighted by molar-refractivity contribution is -0.137. The first-order chi connectivity index (χ1) is 15.9. The zero-order valence-corrected chi connectivity index (χ0v) is 18.3. The van der Waals surface area contributed by atoms with Gasteiger partial charge in [0.05, 0.1) is 18.3 Å². The monoisotopic (exact) mass is 448 g/mol. The molecule has 2 aromatic carbocycles. The molecule has 0 radical (unpaired) electrons. The summed E-state index contributed by atoms with van der Waals surface area (Å²) in [7, 11) is 3.07. The number of aliphatic carboxylic acids is 1. The average molecular weight is 448 g/mol. The number of aryl methyl sites for hydroxylation is 1. The van der Waals surface area contributed by atoms with Crippen LogP contribution in [0.2, 0.25) is 0 Å². The Labute approximate surface area is 190 Å². The van der Waals surface area contributed by atoms with Crippen LogP contribution in [-0.2, 0) is 16.6 Å². The third-order valence-corrected chi connectivity index (χ3v) is 5.73. The maximum absolute atomic E-state index is 12.8. The second-order valence-corrected chi connectivity index (χ2v) is 7.85. The molecule has 3 aromatic rings. The van der Waals surface area contributed by atoms with E-state index in [2.05, 4.69) is 22.5 Å². The highest BCUT2D eigenvalue weighted by molar-refractivity contribution is 6.01. The van der Waals surface area contributed by atoms with Gasteiger partial charge < -0.3 is 14.7 Å². The number of anilines is 1. The van der Waals surface area contributed by atoms with Crippen LogP contribution in [0, 0.1) is 0 Å². The smallest absolute Gasteiger partial charge is 0.411 e. The lowest BCUT2D eigenvalue weighted by Gasteiger charge is -2.17. The van der Waals surface area contributed by atoms with E-state index in [0.717, 1.165) is 22.3 Å². The third-order valence-electron chi connectivity index (χ3n) is 5.73. The number of nitrogens with one attached hydrogen (secondary N) is 1. The van der Waals surface area contributed by atoms with Gasteiger partial charge in [0, 0.05) is 26.6 Å². The number of ether oxygens (including phenoxy) is 1. The van der Waals surface area contributed by atoms with Gasteiger partial charge in [-0.05, 0) is 22.3 Å². The Balaban J connectivity index is 1.45. The molecule has 0 bridgehead atoms. The molecule has 0 saturated carbocycles. The quantitative estimate of drug-likeness (QED) is 0.573. The largest absolute Gasteiger partial charge is 0.481 e. The van der Waals surface area contributed by atoms with E-state index in [4.69, 9.17) is 9.84 Å². The van der Waals surface area contributed by atoms with Gasteiger partial charge in [0.15, 0.2) is 0 Å². The van der Waals surface area contributed by atoms with Crippen LogP contribution in [-0.4, -0.2) is 58.0 Å². The van der Waals surface area contributed by atoms with E-state index in [-0.39, 0.29) is 36.9 Å². The Bertz CT molecular complexity index is 1170. The number of carbonyl (C=O) groups is 3. The maximum atomic E-state index is 12.8. The lowest BCUT2D eigenvalue weighted by atomic mass is 9.98. The molecule has 2 amide bonds. The van der Waals surface area contributed by atoms with E-state index >= 15 is 0 Å². The zero-order valence-electron chi connectivity index (χ0n) is 18.3. The molecule has 1 aliphatic rings. The van der Waals surface area contributed by atoms with Crippen LogP contribution in [0.25, 0.3) is 11.1 Å². The number of carbonyl (C=O) groups excluding carboxylic acids is 2. The van der Waals surface area contributed by atoms with E-state index in [1.54, 1.807) is 7.05 Å². The molecule has 0 spiro atoms. The van der Waals surface area contributed by atoms with Gasteiger partial charge in [-0.1, -0.05) is 48.5 Å². The third kappa shape index (κ3) is 4.43. The summed E-state index contributed by atoms with van der Waals surface area (Å²) in [6.07, 6.45) is 0.474. The van der Waals surface area contributed by atoms with Crippen LogP contribution in [0.5, 0.6) is 0 Å². The number of fused-ring (bicyclic) bond motifs is 3. The number of nitrogens with zero attached hydrogens (tertiary/aromatic N) is 3. The summed E-state index contributed by atoms with van der Waals surface area (Å²) in [5.41, 5.74) is 4.80. The number of carboxylic acids is 1. The van der Waals surface area contributed by atoms with E-state index in [0.29, 0.717) is 0 Å². The summed E-state index contributed by atoms with van der Waals surface area (Å²) in [6, 6.07) is 16.1. The number of hydrogen-bond acceptors (Lipinski definition) is 5. The number of carboxylic acid groups (broad SMARTS) is 1. The summed E-state index contributed by atoms with van der Waals surface area (Å²) >= 11 is 0. The van der Waals surface area contributed by atoms with Gasteiger partial charge in [-0.15, -0.1) is 0 Å². The molecule has 0 unspecified atom stereocenters. The fraction of sp³-hybridized carbons (Fsp3) is 0.250. The number of rotatable bonds is 7. The average Bonchev–Trinajstić information content (AvgIpc) is 3.33. The molecule has 170 valence electrons. The molecule has 9 nitrogen and oxygen atoms in total. The zero-order chi connectivity index (χ0) is 23.5. The van der Waals surface area contributed by atoms with Crippen molar-refractivity contribution in [2.45, 2.75) is 12.3 Å². The van der Waals surface area contributed by atoms with E-state index in [1.165, 1.54) is 22.8 Å². The first kappa shape index (κ1) is 22.1. The Morgan fingerprint density at radius 2 is 1.70 bits per heavy atom. The predicted octanol–water partition coefficient (Wildman–Crippen LogP) is 3.33. The van der Waals surface area contributed by atoms with Gasteiger partial charge in [-0.25, -0.2) is 4.79 Å². The van der Waals surface area contributed by atoms with Crippen molar-refractivity contribution in [3.8, 4) is 11.1 Å². The number of hydrogen-bond donors (Lipinski definition) is 2. The molecule has 2 N–H and O–H groups in total. The van der Waals surface area contributed by atoms with Crippen molar-refractivity contribution in [1.29, 1.82) is 0 Å². The molecule has 1 aromatic heterocycles. The van der Waals surface area contributed by atoms with Crippen molar-refractivity contribution in [2.75, 3.05) is 25.5 Å². The van der Waals surface area contributed by atoms with Gasteiger partial charge >= 0.3 is 12.1 Å². The SMILES string of the molecule is CN(CCC(=O)O)C(=O)c1c(NC(=O)OCC2c3ccccc3-c3ccccc32)cnn1C. The molecule has 9 heteroatoms. The molecule has 1 heterocycles. The Morgan fingerprint density at radius 1 is 1.09 bits per heavy atom. The maximum Gasteiger partial charge on any atom is 0.411 e. The van der Waals surface area contributed by atoms with E-state index in [9.17, 15) is 14.4 Å². The van der Waals surface area contributed by atoms with Crippen molar-refractivity contribution in [1.82, 2.24) is 14.7 Å². The normalized spacial score (nSPS) is 12.1. The highest BCUT2D eigenvalue weighted by Crippen LogP contribution is 2.44. The molecule has 0 fully saturated rings. The van der Waals surface area contributed by atoms with Crippen LogP contribution in [0.1, 0.15) is 34.0 Å². The summed E-state index contributed by atoms with van der Waals surface area (Å²) in [4.78, 5) is 37.4. The van der Waals surface area contributed by atoms with Crippen LogP contribution in [0.4, 0.5) is 10.5 Å². The minimum Gasteiger partial charge on any atom is -0.481 e.